The first-order valence-corrected chi connectivity index (χ1v) is 28.8. The highest BCUT2D eigenvalue weighted by Crippen LogP contribution is 2.44. The largest absolute Gasteiger partial charge is 0.493 e. The number of anilines is 2. The fourth-order valence-electron chi connectivity index (χ4n) is 8.08. The highest BCUT2D eigenvalue weighted by atomic mass is 32.2. The highest BCUT2D eigenvalue weighted by Gasteiger charge is 2.35. The van der Waals surface area contributed by atoms with Crippen molar-refractivity contribution in [2.75, 3.05) is 46.7 Å². The fourth-order valence-corrected chi connectivity index (χ4v) is 11.2. The molecule has 0 unspecified atom stereocenters. The number of fused-ring (bicyclic) bond motifs is 2. The number of aromatic nitrogens is 4. The summed E-state index contributed by atoms with van der Waals surface area (Å²) < 4.78 is 220. The summed E-state index contributed by atoms with van der Waals surface area (Å²) in [5.41, 5.74) is 0.816. The molecule has 4 heterocycles. The Morgan fingerprint density at radius 3 is 1.18 bits per heavy atom. The molecule has 4 aromatic carbocycles. The maximum atomic E-state index is 13.4. The molecule has 2 N–H and O–H groups in total. The Kier molecular flexibility index (Phi) is 16.0. The van der Waals surface area contributed by atoms with Crippen LogP contribution >= 0.6 is 0 Å². The second-order valence-electron chi connectivity index (χ2n) is 17.0. The van der Waals surface area contributed by atoms with Gasteiger partial charge in [0.25, 0.3) is 20.0 Å². The molecule has 0 saturated heterocycles. The lowest BCUT2D eigenvalue weighted by Crippen LogP contribution is -2.20. The van der Waals surface area contributed by atoms with Gasteiger partial charge in [-0.3, -0.25) is 0 Å². The van der Waals surface area contributed by atoms with Crippen molar-refractivity contribution in [1.82, 2.24) is 19.9 Å². The molecule has 8 rings (SSSR count). The minimum Gasteiger partial charge on any atom is -0.493 e. The molecule has 2 aliphatic rings. The highest BCUT2D eigenvalue weighted by molar-refractivity contribution is 7.93. The molecule has 2 atom stereocenters. The van der Waals surface area contributed by atoms with E-state index < -0.39 is 86.7 Å². The number of rotatable bonds is 14. The number of halogens is 8. The zero-order chi connectivity index (χ0) is 54.0. The van der Waals surface area contributed by atoms with E-state index in [9.17, 15) is 68.8 Å². The third kappa shape index (κ3) is 14.0. The van der Waals surface area contributed by atoms with Crippen LogP contribution in [0.2, 0.25) is 0 Å². The smallest absolute Gasteiger partial charge is 0.416 e. The van der Waals surface area contributed by atoms with E-state index >= 15 is 0 Å². The molecule has 2 aliphatic heterocycles. The molecule has 0 saturated carbocycles. The number of hydrogen-bond acceptors (Lipinski definition) is 14. The summed E-state index contributed by atoms with van der Waals surface area (Å²) in [7, 11) is -15.2. The Hall–Kier alpha value is -6.52. The van der Waals surface area contributed by atoms with Crippen LogP contribution in [0.15, 0.2) is 107 Å². The maximum Gasteiger partial charge on any atom is 0.416 e. The molecular weight excluding hydrogens is 1080 g/mol. The van der Waals surface area contributed by atoms with Crippen molar-refractivity contribution in [3.8, 4) is 11.5 Å². The van der Waals surface area contributed by atoms with Crippen LogP contribution in [0, 0.1) is 11.6 Å². The zero-order valence-corrected chi connectivity index (χ0v) is 41.8. The second kappa shape index (κ2) is 21.4. The predicted molar refractivity (Wildman–Crippen MR) is 252 cm³/mol. The number of sulfonamides is 2. The average molecular weight is 1120 g/mol. The van der Waals surface area contributed by atoms with Crippen LogP contribution in [0.1, 0.15) is 69.2 Å². The van der Waals surface area contributed by atoms with Crippen LogP contribution in [-0.4, -0.2) is 90.8 Å². The average Bonchev–Trinajstić information content (AvgIpc) is 3.32. The normalized spacial score (nSPS) is 16.1. The van der Waals surface area contributed by atoms with Crippen molar-refractivity contribution in [2.45, 2.75) is 59.7 Å². The lowest BCUT2D eigenvalue weighted by Gasteiger charge is -2.29. The predicted octanol–water partition coefficient (Wildman–Crippen LogP) is 7.87. The molecule has 28 heteroatoms. The van der Waals surface area contributed by atoms with Gasteiger partial charge < -0.3 is 9.47 Å². The van der Waals surface area contributed by atoms with E-state index in [1.54, 1.807) is 0 Å². The Morgan fingerprint density at radius 2 is 0.851 bits per heavy atom. The van der Waals surface area contributed by atoms with Gasteiger partial charge in [0.1, 0.15) is 31.2 Å². The van der Waals surface area contributed by atoms with Gasteiger partial charge in [0, 0.05) is 47.6 Å². The van der Waals surface area contributed by atoms with E-state index in [0.717, 1.165) is 61.6 Å². The first-order valence-electron chi connectivity index (χ1n) is 21.8. The number of nitrogens with one attached hydrogen (secondary N) is 2. The lowest BCUT2D eigenvalue weighted by atomic mass is 9.83. The molecule has 396 valence electrons. The van der Waals surface area contributed by atoms with Crippen LogP contribution in [-0.2, 0) is 64.9 Å². The molecule has 0 bridgehead atoms. The van der Waals surface area contributed by atoms with Crippen molar-refractivity contribution in [1.29, 1.82) is 0 Å². The minimum atomic E-state index is -4.60. The van der Waals surface area contributed by atoms with E-state index in [1.807, 2.05) is 0 Å². The lowest BCUT2D eigenvalue weighted by molar-refractivity contribution is -0.138. The number of alkyl halides is 6. The van der Waals surface area contributed by atoms with Gasteiger partial charge in [-0.05, 0) is 84.3 Å². The number of hydrogen-bond donors (Lipinski definition) is 2. The monoisotopic (exact) mass is 1120 g/mol. The third-order valence-electron chi connectivity index (χ3n) is 11.5. The summed E-state index contributed by atoms with van der Waals surface area (Å²) in [6, 6.07) is 14.6. The zero-order valence-electron chi connectivity index (χ0n) is 38.6. The second-order valence-corrected chi connectivity index (χ2v) is 24.9. The summed E-state index contributed by atoms with van der Waals surface area (Å²) in [5, 5.41) is 0. The number of nitrogens with zero attached hydrogens (tertiary/aromatic N) is 4. The topological polar surface area (TPSA) is 231 Å². The molecule has 0 fully saturated rings. The minimum absolute atomic E-state index is 0.112. The number of aryl methyl sites for hydroxylation is 2. The molecule has 0 amide bonds. The van der Waals surface area contributed by atoms with Crippen LogP contribution in [0.4, 0.5) is 47.0 Å². The van der Waals surface area contributed by atoms with Gasteiger partial charge >= 0.3 is 12.4 Å². The first-order chi connectivity index (χ1) is 34.5. The number of benzene rings is 4. The van der Waals surface area contributed by atoms with Crippen molar-refractivity contribution in [3.05, 3.63) is 154 Å². The fraction of sp³-hybridized carbons (Fsp3) is 0.304. The molecule has 0 aliphatic carbocycles. The Balaban J connectivity index is 0.000000216. The molecule has 0 radical (unpaired) electrons. The molecule has 0 spiro atoms. The van der Waals surface area contributed by atoms with Crippen LogP contribution < -0.4 is 18.9 Å². The third-order valence-corrected chi connectivity index (χ3v) is 16.1. The summed E-state index contributed by atoms with van der Waals surface area (Å²) in [5.74, 6) is -3.28. The van der Waals surface area contributed by atoms with Crippen molar-refractivity contribution < 1.29 is 78.3 Å². The first kappa shape index (κ1) is 55.2. The summed E-state index contributed by atoms with van der Waals surface area (Å²) in [6.07, 6.45) is -3.42. The van der Waals surface area contributed by atoms with E-state index in [4.69, 9.17) is 9.47 Å². The van der Waals surface area contributed by atoms with Gasteiger partial charge in [0.05, 0.1) is 70.4 Å². The Labute approximate surface area is 419 Å². The van der Waals surface area contributed by atoms with Gasteiger partial charge in [0.2, 0.25) is 11.9 Å². The maximum absolute atomic E-state index is 13.4. The van der Waals surface area contributed by atoms with E-state index in [-0.39, 0.29) is 81.9 Å². The molecule has 6 aromatic rings. The van der Waals surface area contributed by atoms with E-state index in [1.165, 1.54) is 48.5 Å². The van der Waals surface area contributed by atoms with Gasteiger partial charge in [0.15, 0.2) is 11.6 Å². The molecule has 16 nitrogen and oxygen atoms in total. The van der Waals surface area contributed by atoms with E-state index in [2.05, 4.69) is 29.4 Å². The molecular formula is C46H42F8N6O10S4. The van der Waals surface area contributed by atoms with Crippen LogP contribution in [0.3, 0.4) is 0 Å². The van der Waals surface area contributed by atoms with Gasteiger partial charge in [-0.1, -0.05) is 24.3 Å². The number of ether oxygens (including phenoxy) is 2. The summed E-state index contributed by atoms with van der Waals surface area (Å²) >= 11 is 0. The van der Waals surface area contributed by atoms with Crippen molar-refractivity contribution in [2.24, 2.45) is 0 Å². The van der Waals surface area contributed by atoms with Crippen molar-refractivity contribution >= 4 is 51.6 Å². The van der Waals surface area contributed by atoms with Crippen LogP contribution in [0.25, 0.3) is 0 Å². The molecule has 2 aromatic heterocycles. The van der Waals surface area contributed by atoms with Crippen LogP contribution in [0.5, 0.6) is 11.5 Å². The summed E-state index contributed by atoms with van der Waals surface area (Å²) in [6.45, 7) is 0.310. The van der Waals surface area contributed by atoms with Gasteiger partial charge in [-0.15, -0.1) is 0 Å². The summed E-state index contributed by atoms with van der Waals surface area (Å²) in [4.78, 5) is 13.9. The quantitative estimate of drug-likeness (QED) is 0.0989. The Morgan fingerprint density at radius 1 is 0.514 bits per heavy atom. The van der Waals surface area contributed by atoms with Crippen molar-refractivity contribution in [3.63, 3.8) is 0 Å². The van der Waals surface area contributed by atoms with Gasteiger partial charge in [-0.25, -0.2) is 71.8 Å². The SMILES string of the molecule is CS(=O)(=O)CCc1cc(C(F)(F)F)ccc1[C@@H]1CCOc2cc(S(=O)(=O)Nc3ncc(F)cn3)ccc21.CS(=O)(=O)CCc1cc(C(F)(F)F)ccc1[C@H]1CCOc2cc(S(=O)(=O)Nc3ncc(F)cn3)ccc21. The number of sulfone groups is 2. The molecule has 74 heavy (non-hydrogen) atoms. The Bertz CT molecular complexity index is 3290. The standard InChI is InChI=1S/2C23H21F4N3O5S2/c2*1-36(31,32)9-7-14-10-15(23(25,26)27)2-4-18(14)19-6-8-35-21-11-17(3-5-20(19)21)37(33,34)30-22-28-12-16(24)13-29-22/h2*2-5,10-13,19H,6-9H2,1H3,(H,28,29,30)/t2*19-/m10/s1. The van der Waals surface area contributed by atoms with E-state index in [0.29, 0.717) is 35.1 Å². The van der Waals surface area contributed by atoms with Gasteiger partial charge in [-0.2, -0.15) is 26.3 Å².